The van der Waals surface area contributed by atoms with E-state index in [-0.39, 0.29) is 5.91 Å². The normalized spacial score (nSPS) is 19.1. The standard InChI is InChI=1S/C29H39N3O3/c1-9-29(7,8)26-22(25(33)24-28(35)30-18(6)27(34)32-24)21-15-13-19(12-10-16(2)3)20(23(21)31-26)14-11-17(4)5/h9-11,13,15,18,24-25,31,33H,1,12,14H2,2-8H3,(H,30,35)(H,32,34)/t18-,24-,25-/m0/s1. The fourth-order valence-corrected chi connectivity index (χ4v) is 4.45. The number of aromatic amines is 1. The highest BCUT2D eigenvalue weighted by Gasteiger charge is 2.40. The van der Waals surface area contributed by atoms with Crippen molar-refractivity contribution in [1.29, 1.82) is 0 Å². The number of hydrogen-bond donors (Lipinski definition) is 4. The molecule has 4 N–H and O–H groups in total. The summed E-state index contributed by atoms with van der Waals surface area (Å²) < 4.78 is 0. The van der Waals surface area contributed by atoms with E-state index in [9.17, 15) is 14.7 Å². The number of amides is 2. The Morgan fingerprint density at radius 3 is 2.29 bits per heavy atom. The molecule has 2 amide bonds. The van der Waals surface area contributed by atoms with Gasteiger partial charge in [-0.05, 0) is 58.6 Å². The van der Waals surface area contributed by atoms with Crippen LogP contribution in [-0.2, 0) is 27.8 Å². The topological polar surface area (TPSA) is 94.2 Å². The number of piperazine rings is 1. The lowest BCUT2D eigenvalue weighted by Gasteiger charge is -2.32. The highest BCUT2D eigenvalue weighted by atomic mass is 16.3. The first-order chi connectivity index (χ1) is 16.4. The van der Waals surface area contributed by atoms with Crippen molar-refractivity contribution in [3.8, 4) is 0 Å². The van der Waals surface area contributed by atoms with Crippen LogP contribution in [0.25, 0.3) is 10.9 Å². The summed E-state index contributed by atoms with van der Waals surface area (Å²) in [4.78, 5) is 28.7. The molecular weight excluding hydrogens is 438 g/mol. The van der Waals surface area contributed by atoms with Crippen molar-refractivity contribution < 1.29 is 14.7 Å². The molecular formula is C29H39N3O3. The Bertz CT molecular complexity index is 1210. The smallest absolute Gasteiger partial charge is 0.246 e. The fraction of sp³-hybridized carbons (Fsp3) is 0.448. The van der Waals surface area contributed by atoms with Crippen LogP contribution in [0.1, 0.15) is 77.0 Å². The molecule has 1 saturated heterocycles. The van der Waals surface area contributed by atoms with Crippen LogP contribution in [0.4, 0.5) is 0 Å². The van der Waals surface area contributed by atoms with Gasteiger partial charge in [0.25, 0.3) is 0 Å². The minimum atomic E-state index is -1.23. The van der Waals surface area contributed by atoms with Crippen LogP contribution in [0.2, 0.25) is 0 Å². The SMILES string of the molecule is C=CC(C)(C)c1[nH]c2c(CC=C(C)C)c(CC=C(C)C)ccc2c1[C@H](O)[C@@H]1NC(=O)[C@H](C)NC1=O. The summed E-state index contributed by atoms with van der Waals surface area (Å²) in [6.07, 6.45) is 6.56. The molecule has 2 aromatic rings. The van der Waals surface area contributed by atoms with Gasteiger partial charge in [-0.2, -0.15) is 0 Å². The summed E-state index contributed by atoms with van der Waals surface area (Å²) in [6.45, 7) is 18.0. The molecule has 188 valence electrons. The molecule has 0 aliphatic carbocycles. The maximum absolute atomic E-state index is 12.8. The van der Waals surface area contributed by atoms with Crippen LogP contribution in [0.5, 0.6) is 0 Å². The van der Waals surface area contributed by atoms with E-state index in [4.69, 9.17) is 0 Å². The lowest BCUT2D eigenvalue weighted by atomic mass is 9.83. The number of H-pyrrole nitrogens is 1. The van der Waals surface area contributed by atoms with Crippen LogP contribution < -0.4 is 10.6 Å². The van der Waals surface area contributed by atoms with E-state index in [2.05, 4.69) is 68.1 Å². The second kappa shape index (κ2) is 10.2. The number of benzene rings is 1. The summed E-state index contributed by atoms with van der Waals surface area (Å²) in [7, 11) is 0. The first-order valence-electron chi connectivity index (χ1n) is 12.2. The average molecular weight is 478 g/mol. The van der Waals surface area contributed by atoms with E-state index >= 15 is 0 Å². The highest BCUT2D eigenvalue weighted by Crippen LogP contribution is 2.39. The number of carbonyl (C=O) groups is 2. The van der Waals surface area contributed by atoms with Crippen molar-refractivity contribution in [2.75, 3.05) is 0 Å². The molecule has 1 aliphatic heterocycles. The molecule has 35 heavy (non-hydrogen) atoms. The van der Waals surface area contributed by atoms with Crippen molar-refractivity contribution in [2.45, 2.75) is 84.9 Å². The van der Waals surface area contributed by atoms with Crippen LogP contribution in [0.3, 0.4) is 0 Å². The minimum Gasteiger partial charge on any atom is -0.386 e. The molecule has 2 heterocycles. The second-order valence-corrected chi connectivity index (χ2v) is 10.6. The maximum Gasteiger partial charge on any atom is 0.246 e. The van der Waals surface area contributed by atoms with Crippen molar-refractivity contribution in [3.63, 3.8) is 0 Å². The molecule has 6 heteroatoms. The van der Waals surface area contributed by atoms with E-state index in [0.29, 0.717) is 5.56 Å². The Morgan fingerprint density at radius 2 is 1.69 bits per heavy atom. The Morgan fingerprint density at radius 1 is 1.06 bits per heavy atom. The molecule has 1 fully saturated rings. The van der Waals surface area contributed by atoms with Crippen LogP contribution in [0, 0.1) is 0 Å². The average Bonchev–Trinajstić information content (AvgIpc) is 3.18. The van der Waals surface area contributed by atoms with E-state index in [1.54, 1.807) is 6.92 Å². The van der Waals surface area contributed by atoms with Gasteiger partial charge in [0.1, 0.15) is 18.2 Å². The minimum absolute atomic E-state index is 0.314. The number of carbonyl (C=O) groups excluding carboxylic acids is 2. The summed E-state index contributed by atoms with van der Waals surface area (Å²) >= 11 is 0. The van der Waals surface area contributed by atoms with E-state index < -0.39 is 29.5 Å². The first-order valence-corrected chi connectivity index (χ1v) is 12.2. The molecule has 0 radical (unpaired) electrons. The predicted molar refractivity (Wildman–Crippen MR) is 142 cm³/mol. The van der Waals surface area contributed by atoms with Gasteiger partial charge in [-0.1, -0.05) is 55.4 Å². The summed E-state index contributed by atoms with van der Waals surface area (Å²) in [5, 5.41) is 17.8. The third-order valence-electron chi connectivity index (χ3n) is 6.76. The predicted octanol–water partition coefficient (Wildman–Crippen LogP) is 4.69. The van der Waals surface area contributed by atoms with Gasteiger partial charge in [-0.25, -0.2) is 0 Å². The largest absolute Gasteiger partial charge is 0.386 e. The van der Waals surface area contributed by atoms with Gasteiger partial charge in [0.2, 0.25) is 11.8 Å². The molecule has 1 aliphatic rings. The number of aliphatic hydroxyl groups excluding tert-OH is 1. The van der Waals surface area contributed by atoms with Crippen molar-refractivity contribution in [1.82, 2.24) is 15.6 Å². The Kier molecular flexibility index (Phi) is 7.75. The Hall–Kier alpha value is -3.12. The van der Waals surface area contributed by atoms with Gasteiger partial charge in [-0.15, -0.1) is 6.58 Å². The number of nitrogens with one attached hydrogen (secondary N) is 3. The number of aromatic nitrogens is 1. The molecule has 0 bridgehead atoms. The van der Waals surface area contributed by atoms with Crippen LogP contribution in [0.15, 0.2) is 48.1 Å². The number of hydrogen-bond acceptors (Lipinski definition) is 3. The van der Waals surface area contributed by atoms with Crippen LogP contribution >= 0.6 is 0 Å². The molecule has 3 atom stereocenters. The third kappa shape index (κ3) is 5.43. The van der Waals surface area contributed by atoms with Crippen molar-refractivity contribution >= 4 is 22.7 Å². The van der Waals surface area contributed by atoms with Crippen LogP contribution in [-0.4, -0.2) is 34.0 Å². The quantitative estimate of drug-likeness (QED) is 0.416. The molecule has 0 unspecified atom stereocenters. The van der Waals surface area contributed by atoms with Crippen molar-refractivity contribution in [2.24, 2.45) is 0 Å². The number of rotatable bonds is 8. The first kappa shape index (κ1) is 26.5. The van der Waals surface area contributed by atoms with Gasteiger partial charge < -0.3 is 20.7 Å². The number of fused-ring (bicyclic) bond motifs is 1. The second-order valence-electron chi connectivity index (χ2n) is 10.6. The monoisotopic (exact) mass is 477 g/mol. The number of aliphatic hydroxyl groups is 1. The van der Waals surface area contributed by atoms with E-state index in [1.807, 2.05) is 26.0 Å². The zero-order valence-electron chi connectivity index (χ0n) is 22.0. The maximum atomic E-state index is 12.8. The summed E-state index contributed by atoms with van der Waals surface area (Å²) in [5.74, 6) is -0.711. The summed E-state index contributed by atoms with van der Waals surface area (Å²) in [5.41, 5.74) is 6.68. The Labute approximate surface area is 208 Å². The zero-order valence-corrected chi connectivity index (χ0v) is 22.0. The van der Waals surface area contributed by atoms with Gasteiger partial charge in [0.05, 0.1) is 0 Å². The lowest BCUT2D eigenvalue weighted by Crippen LogP contribution is -2.62. The third-order valence-corrected chi connectivity index (χ3v) is 6.76. The van der Waals surface area contributed by atoms with Gasteiger partial charge >= 0.3 is 0 Å². The molecule has 0 spiro atoms. The molecule has 1 aromatic carbocycles. The van der Waals surface area contributed by atoms with Gasteiger partial charge in [-0.3, -0.25) is 9.59 Å². The van der Waals surface area contributed by atoms with Gasteiger partial charge in [0.15, 0.2) is 0 Å². The molecule has 6 nitrogen and oxygen atoms in total. The summed E-state index contributed by atoms with van der Waals surface area (Å²) in [6, 6.07) is 2.40. The highest BCUT2D eigenvalue weighted by molar-refractivity contribution is 5.98. The van der Waals surface area contributed by atoms with E-state index in [1.165, 1.54) is 16.7 Å². The lowest BCUT2D eigenvalue weighted by molar-refractivity contribution is -0.139. The molecule has 3 rings (SSSR count). The number of allylic oxidation sites excluding steroid dienone is 5. The Balaban J connectivity index is 2.27. The van der Waals surface area contributed by atoms with Crippen molar-refractivity contribution in [3.05, 3.63) is 70.5 Å². The molecule has 0 saturated carbocycles. The fourth-order valence-electron chi connectivity index (χ4n) is 4.45. The van der Waals surface area contributed by atoms with E-state index in [0.717, 1.165) is 35.0 Å². The zero-order chi connectivity index (χ0) is 26.1. The van der Waals surface area contributed by atoms with Gasteiger partial charge in [0, 0.05) is 27.6 Å². The molecule has 1 aromatic heterocycles.